The molecule has 0 amide bonds. The third-order valence-corrected chi connectivity index (χ3v) is 4.49. The summed E-state index contributed by atoms with van der Waals surface area (Å²) >= 11 is 3.36. The van der Waals surface area contributed by atoms with Crippen LogP contribution in [0.2, 0.25) is 0 Å². The molecule has 0 spiro atoms. The lowest BCUT2D eigenvalue weighted by molar-refractivity contribution is -0.274. The second kappa shape index (κ2) is 12.3. The topological polar surface area (TPSA) is 44.8 Å². The van der Waals surface area contributed by atoms with E-state index in [4.69, 9.17) is 9.47 Å². The highest BCUT2D eigenvalue weighted by molar-refractivity contribution is 9.08. The highest BCUT2D eigenvalue weighted by atomic mass is 79.9. The highest BCUT2D eigenvalue weighted by Gasteiger charge is 2.31. The SMILES string of the molecule is CC.CC#COc1c(C)c(-c2ccc(OC(F)(F)F)cc2)cc(CBr)c1C(=O)OCC. The summed E-state index contributed by atoms with van der Waals surface area (Å²) in [5, 5.41) is 0.333. The van der Waals surface area contributed by atoms with E-state index in [0.717, 1.165) is 0 Å². The molecule has 0 N–H and O–H groups in total. The van der Waals surface area contributed by atoms with Crippen LogP contribution in [0.3, 0.4) is 0 Å². The predicted octanol–water partition coefficient (Wildman–Crippen LogP) is 7.02. The van der Waals surface area contributed by atoms with Crippen molar-refractivity contribution >= 4 is 21.9 Å². The molecule has 0 aliphatic heterocycles. The van der Waals surface area contributed by atoms with E-state index in [9.17, 15) is 18.0 Å². The Morgan fingerprint density at radius 2 is 1.77 bits per heavy atom. The fraction of sp³-hybridized carbons (Fsp3) is 0.348. The fourth-order valence-electron chi connectivity index (χ4n) is 2.71. The average molecular weight is 501 g/mol. The summed E-state index contributed by atoms with van der Waals surface area (Å²) in [5.74, 6) is 1.99. The molecule has 0 saturated heterocycles. The molecule has 0 unspecified atom stereocenters. The van der Waals surface area contributed by atoms with Crippen LogP contribution in [0, 0.1) is 19.0 Å². The molecule has 31 heavy (non-hydrogen) atoms. The van der Waals surface area contributed by atoms with Crippen molar-refractivity contribution in [3.05, 3.63) is 47.0 Å². The minimum Gasteiger partial charge on any atom is -0.462 e. The van der Waals surface area contributed by atoms with Gasteiger partial charge < -0.3 is 14.2 Å². The van der Waals surface area contributed by atoms with E-state index in [1.54, 1.807) is 26.8 Å². The molecule has 0 aromatic heterocycles. The smallest absolute Gasteiger partial charge is 0.462 e. The first-order valence-electron chi connectivity index (χ1n) is 9.56. The van der Waals surface area contributed by atoms with Crippen molar-refractivity contribution in [2.75, 3.05) is 6.61 Å². The van der Waals surface area contributed by atoms with E-state index in [0.29, 0.717) is 27.6 Å². The van der Waals surface area contributed by atoms with Gasteiger partial charge in [-0.1, -0.05) is 47.8 Å². The zero-order valence-corrected chi connectivity index (χ0v) is 19.5. The molecule has 0 atom stereocenters. The standard InChI is InChI=1S/C21H18BrF3O4.C2H6/c1-4-10-28-19-13(3)17(11-15(12-22)18(19)20(26)27-5-2)14-6-8-16(9-7-14)29-21(23,24)25;1-2/h6-9,11H,5,12H2,1-3H3;1-2H3. The van der Waals surface area contributed by atoms with Crippen molar-refractivity contribution in [3.63, 3.8) is 0 Å². The van der Waals surface area contributed by atoms with Gasteiger partial charge in [-0.25, -0.2) is 4.79 Å². The molecule has 2 rings (SSSR count). The maximum atomic E-state index is 12.5. The molecule has 0 fully saturated rings. The van der Waals surface area contributed by atoms with E-state index in [1.807, 2.05) is 13.8 Å². The Morgan fingerprint density at radius 3 is 2.26 bits per heavy atom. The number of esters is 1. The lowest BCUT2D eigenvalue weighted by Crippen LogP contribution is -2.16. The van der Waals surface area contributed by atoms with Gasteiger partial charge in [-0.05, 0) is 48.7 Å². The number of hydrogen-bond donors (Lipinski definition) is 0. The molecule has 8 heteroatoms. The van der Waals surface area contributed by atoms with E-state index >= 15 is 0 Å². The molecular formula is C23H24BrF3O4. The first kappa shape index (κ1) is 26.4. The summed E-state index contributed by atoms with van der Waals surface area (Å²) < 4.78 is 51.7. The molecule has 0 saturated carbocycles. The van der Waals surface area contributed by atoms with Gasteiger partial charge in [0.2, 0.25) is 0 Å². The van der Waals surface area contributed by atoms with Crippen LogP contribution >= 0.6 is 15.9 Å². The monoisotopic (exact) mass is 500 g/mol. The van der Waals surface area contributed by atoms with Gasteiger partial charge in [-0.15, -0.1) is 13.2 Å². The summed E-state index contributed by atoms with van der Waals surface area (Å²) in [4.78, 5) is 12.5. The lowest BCUT2D eigenvalue weighted by Gasteiger charge is -2.17. The van der Waals surface area contributed by atoms with Crippen molar-refractivity contribution in [1.29, 1.82) is 0 Å². The molecule has 168 valence electrons. The molecule has 0 heterocycles. The third-order valence-electron chi connectivity index (χ3n) is 3.89. The van der Waals surface area contributed by atoms with E-state index in [2.05, 4.69) is 32.7 Å². The molecular weight excluding hydrogens is 477 g/mol. The lowest BCUT2D eigenvalue weighted by atomic mass is 9.93. The van der Waals surface area contributed by atoms with E-state index in [-0.39, 0.29) is 23.7 Å². The Hall–Kier alpha value is -2.66. The van der Waals surface area contributed by atoms with Gasteiger partial charge in [0.05, 0.1) is 6.61 Å². The van der Waals surface area contributed by atoms with Gasteiger partial charge in [0.15, 0.2) is 5.75 Å². The number of carbonyl (C=O) groups is 1. The van der Waals surface area contributed by atoms with Crippen LogP contribution in [0.4, 0.5) is 13.2 Å². The zero-order chi connectivity index (χ0) is 23.6. The Labute approximate surface area is 188 Å². The summed E-state index contributed by atoms with van der Waals surface area (Å²) in [6.45, 7) is 9.22. The minimum atomic E-state index is -4.76. The van der Waals surface area contributed by atoms with Gasteiger partial charge in [0, 0.05) is 17.8 Å². The van der Waals surface area contributed by atoms with Crippen molar-refractivity contribution < 1.29 is 32.2 Å². The van der Waals surface area contributed by atoms with Gasteiger partial charge in [0.1, 0.15) is 17.4 Å². The number of alkyl halides is 4. The van der Waals surface area contributed by atoms with Crippen molar-refractivity contribution in [2.45, 2.75) is 46.3 Å². The molecule has 0 radical (unpaired) electrons. The Morgan fingerprint density at radius 1 is 1.16 bits per heavy atom. The second-order valence-corrected chi connectivity index (χ2v) is 6.35. The summed E-state index contributed by atoms with van der Waals surface area (Å²) in [5.41, 5.74) is 2.77. The van der Waals surface area contributed by atoms with E-state index < -0.39 is 12.3 Å². The number of hydrogen-bond acceptors (Lipinski definition) is 4. The molecule has 0 aliphatic rings. The zero-order valence-electron chi connectivity index (χ0n) is 17.9. The van der Waals surface area contributed by atoms with Crippen LogP contribution < -0.4 is 9.47 Å². The minimum absolute atomic E-state index is 0.195. The summed E-state index contributed by atoms with van der Waals surface area (Å²) in [6, 6.07) is 7.22. The highest BCUT2D eigenvalue weighted by Crippen LogP contribution is 2.38. The number of carbonyl (C=O) groups excluding carboxylic acids is 1. The van der Waals surface area contributed by atoms with Gasteiger partial charge in [-0.3, -0.25) is 0 Å². The Bertz CT molecular complexity index is 943. The first-order chi connectivity index (χ1) is 14.7. The molecule has 4 nitrogen and oxygen atoms in total. The van der Waals surface area contributed by atoms with Crippen LogP contribution in [0.15, 0.2) is 30.3 Å². The molecule has 2 aromatic carbocycles. The number of ether oxygens (including phenoxy) is 3. The van der Waals surface area contributed by atoms with Crippen LogP contribution in [-0.4, -0.2) is 18.9 Å². The Kier molecular flexibility index (Phi) is 10.4. The van der Waals surface area contributed by atoms with Crippen LogP contribution in [0.5, 0.6) is 11.5 Å². The molecule has 0 aliphatic carbocycles. The van der Waals surface area contributed by atoms with Crippen LogP contribution in [-0.2, 0) is 10.1 Å². The van der Waals surface area contributed by atoms with Crippen molar-refractivity contribution in [3.8, 4) is 34.7 Å². The number of benzene rings is 2. The quantitative estimate of drug-likeness (QED) is 0.243. The molecule has 0 bridgehead atoms. The molecule has 2 aromatic rings. The Balaban J connectivity index is 0.00000233. The van der Waals surface area contributed by atoms with Crippen molar-refractivity contribution in [1.82, 2.24) is 0 Å². The number of rotatable bonds is 6. The van der Waals surface area contributed by atoms with Gasteiger partial charge >= 0.3 is 12.3 Å². The normalized spacial score (nSPS) is 10.2. The predicted molar refractivity (Wildman–Crippen MR) is 117 cm³/mol. The van der Waals surface area contributed by atoms with Gasteiger partial charge in [-0.2, -0.15) is 0 Å². The average Bonchev–Trinajstić information content (AvgIpc) is 2.73. The van der Waals surface area contributed by atoms with Gasteiger partial charge in [0.25, 0.3) is 0 Å². The first-order valence-corrected chi connectivity index (χ1v) is 10.7. The fourth-order valence-corrected chi connectivity index (χ4v) is 3.15. The van der Waals surface area contributed by atoms with E-state index in [1.165, 1.54) is 24.3 Å². The van der Waals surface area contributed by atoms with Crippen molar-refractivity contribution in [2.24, 2.45) is 0 Å². The van der Waals surface area contributed by atoms with Crippen LogP contribution in [0.25, 0.3) is 11.1 Å². The largest absolute Gasteiger partial charge is 0.573 e. The van der Waals surface area contributed by atoms with Crippen LogP contribution in [0.1, 0.15) is 49.2 Å². The maximum absolute atomic E-state index is 12.5. The summed E-state index contributed by atoms with van der Waals surface area (Å²) in [6.07, 6.45) is -2.27. The second-order valence-electron chi connectivity index (χ2n) is 5.79. The third kappa shape index (κ3) is 7.21. The number of halogens is 4. The maximum Gasteiger partial charge on any atom is 0.573 e. The summed E-state index contributed by atoms with van der Waals surface area (Å²) in [7, 11) is 0.